The summed E-state index contributed by atoms with van der Waals surface area (Å²) in [6.45, 7) is 0.673. The van der Waals surface area contributed by atoms with E-state index in [0.29, 0.717) is 23.7 Å². The molecule has 1 heterocycles. The standard InChI is InChI=1S/C17H19ClN2O2/c1-20(10-7-13-5-8-19-9-6-13)17(21)12-14-3-4-16(22-2)15(18)11-14/h3-6,8-9,11H,7,10,12H2,1-2H3. The molecule has 0 aliphatic rings. The molecule has 0 bridgehead atoms. The number of likely N-dealkylation sites (N-methyl/N-ethyl adjacent to an activating group) is 1. The quantitative estimate of drug-likeness (QED) is 0.822. The Balaban J connectivity index is 1.89. The highest BCUT2D eigenvalue weighted by Crippen LogP contribution is 2.25. The number of hydrogen-bond donors (Lipinski definition) is 0. The maximum atomic E-state index is 12.2. The van der Waals surface area contributed by atoms with Gasteiger partial charge in [-0.25, -0.2) is 0 Å². The summed E-state index contributed by atoms with van der Waals surface area (Å²) in [5.74, 6) is 0.680. The van der Waals surface area contributed by atoms with Crippen molar-refractivity contribution in [1.82, 2.24) is 9.88 Å². The van der Waals surface area contributed by atoms with E-state index in [1.54, 1.807) is 36.5 Å². The van der Waals surface area contributed by atoms with E-state index in [9.17, 15) is 4.79 Å². The van der Waals surface area contributed by atoms with Gasteiger partial charge < -0.3 is 9.64 Å². The molecule has 0 N–H and O–H groups in total. The first-order chi connectivity index (χ1) is 10.6. The Morgan fingerprint density at radius 3 is 2.59 bits per heavy atom. The van der Waals surface area contributed by atoms with Crippen molar-refractivity contribution in [1.29, 1.82) is 0 Å². The summed E-state index contributed by atoms with van der Waals surface area (Å²) in [6.07, 6.45) is 4.66. The topological polar surface area (TPSA) is 42.4 Å². The molecule has 5 heteroatoms. The fraction of sp³-hybridized carbons (Fsp3) is 0.294. The molecule has 0 spiro atoms. The van der Waals surface area contributed by atoms with E-state index in [0.717, 1.165) is 12.0 Å². The van der Waals surface area contributed by atoms with Crippen LogP contribution in [0.15, 0.2) is 42.7 Å². The van der Waals surface area contributed by atoms with Crippen LogP contribution in [0, 0.1) is 0 Å². The van der Waals surface area contributed by atoms with E-state index in [-0.39, 0.29) is 5.91 Å². The highest BCUT2D eigenvalue weighted by Gasteiger charge is 2.11. The molecule has 2 aromatic rings. The van der Waals surface area contributed by atoms with Gasteiger partial charge in [-0.1, -0.05) is 17.7 Å². The van der Waals surface area contributed by atoms with Crippen LogP contribution in [0.2, 0.25) is 5.02 Å². The average molecular weight is 319 g/mol. The molecule has 1 aromatic carbocycles. The van der Waals surface area contributed by atoms with Crippen LogP contribution in [0.4, 0.5) is 0 Å². The van der Waals surface area contributed by atoms with Gasteiger partial charge in [0, 0.05) is 26.0 Å². The summed E-state index contributed by atoms with van der Waals surface area (Å²) < 4.78 is 5.11. The van der Waals surface area contributed by atoms with E-state index in [2.05, 4.69) is 4.98 Å². The first-order valence-corrected chi connectivity index (χ1v) is 7.43. The highest BCUT2D eigenvalue weighted by molar-refractivity contribution is 6.32. The van der Waals surface area contributed by atoms with Crippen LogP contribution in [-0.2, 0) is 17.6 Å². The molecule has 2 rings (SSSR count). The molecule has 116 valence electrons. The van der Waals surface area contributed by atoms with Crippen LogP contribution >= 0.6 is 11.6 Å². The molecular weight excluding hydrogens is 300 g/mol. The van der Waals surface area contributed by atoms with Crippen LogP contribution < -0.4 is 4.74 Å². The number of carbonyl (C=O) groups is 1. The van der Waals surface area contributed by atoms with Crippen molar-refractivity contribution in [2.45, 2.75) is 12.8 Å². The van der Waals surface area contributed by atoms with Crippen molar-refractivity contribution in [2.24, 2.45) is 0 Å². The number of pyridine rings is 1. The van der Waals surface area contributed by atoms with Gasteiger partial charge in [0.15, 0.2) is 0 Å². The van der Waals surface area contributed by atoms with Crippen molar-refractivity contribution in [3.05, 3.63) is 58.9 Å². The maximum Gasteiger partial charge on any atom is 0.226 e. The number of aromatic nitrogens is 1. The SMILES string of the molecule is COc1ccc(CC(=O)N(C)CCc2ccncc2)cc1Cl. The van der Waals surface area contributed by atoms with Gasteiger partial charge in [-0.3, -0.25) is 9.78 Å². The minimum absolute atomic E-state index is 0.0651. The van der Waals surface area contributed by atoms with Gasteiger partial charge in [-0.15, -0.1) is 0 Å². The van der Waals surface area contributed by atoms with Crippen molar-refractivity contribution in [3.63, 3.8) is 0 Å². The predicted octanol–water partition coefficient (Wildman–Crippen LogP) is 2.99. The van der Waals surface area contributed by atoms with E-state index < -0.39 is 0 Å². The number of hydrogen-bond acceptors (Lipinski definition) is 3. The summed E-state index contributed by atoms with van der Waals surface area (Å²) in [7, 11) is 3.38. The minimum Gasteiger partial charge on any atom is -0.495 e. The van der Waals surface area contributed by atoms with Gasteiger partial charge >= 0.3 is 0 Å². The zero-order chi connectivity index (χ0) is 15.9. The molecule has 0 fully saturated rings. The molecule has 0 aliphatic carbocycles. The summed E-state index contributed by atoms with van der Waals surface area (Å²) in [4.78, 5) is 18.0. The normalized spacial score (nSPS) is 10.3. The fourth-order valence-corrected chi connectivity index (χ4v) is 2.38. The largest absolute Gasteiger partial charge is 0.495 e. The number of halogens is 1. The molecule has 0 saturated carbocycles. The number of methoxy groups -OCH3 is 1. The third kappa shape index (κ3) is 4.46. The lowest BCUT2D eigenvalue weighted by molar-refractivity contribution is -0.129. The first-order valence-electron chi connectivity index (χ1n) is 7.05. The molecule has 0 atom stereocenters. The van der Waals surface area contributed by atoms with Crippen molar-refractivity contribution < 1.29 is 9.53 Å². The minimum atomic E-state index is 0.0651. The molecule has 0 saturated heterocycles. The third-order valence-electron chi connectivity index (χ3n) is 3.48. The lowest BCUT2D eigenvalue weighted by Gasteiger charge is -2.17. The number of nitrogens with zero attached hydrogens (tertiary/aromatic N) is 2. The Morgan fingerprint density at radius 1 is 1.23 bits per heavy atom. The third-order valence-corrected chi connectivity index (χ3v) is 3.78. The molecule has 1 aromatic heterocycles. The Labute approximate surface area is 135 Å². The maximum absolute atomic E-state index is 12.2. The number of amides is 1. The molecule has 1 amide bonds. The number of carbonyl (C=O) groups excluding carboxylic acids is 1. The Kier molecular flexibility index (Phi) is 5.78. The Hall–Kier alpha value is -2.07. The van der Waals surface area contributed by atoms with E-state index >= 15 is 0 Å². The van der Waals surface area contributed by atoms with Gasteiger partial charge in [0.2, 0.25) is 5.91 Å². The monoisotopic (exact) mass is 318 g/mol. The summed E-state index contributed by atoms with van der Waals surface area (Å²) in [5, 5.41) is 0.521. The second kappa shape index (κ2) is 7.80. The van der Waals surface area contributed by atoms with Gasteiger partial charge in [-0.05, 0) is 41.8 Å². The van der Waals surface area contributed by atoms with Crippen molar-refractivity contribution in [3.8, 4) is 5.75 Å². The van der Waals surface area contributed by atoms with E-state index in [1.165, 1.54) is 5.56 Å². The molecule has 0 aliphatic heterocycles. The molecular formula is C17H19ClN2O2. The number of ether oxygens (including phenoxy) is 1. The van der Waals surface area contributed by atoms with Gasteiger partial charge in [0.1, 0.15) is 5.75 Å². The van der Waals surface area contributed by atoms with Crippen LogP contribution in [0.5, 0.6) is 5.75 Å². The molecule has 22 heavy (non-hydrogen) atoms. The lowest BCUT2D eigenvalue weighted by atomic mass is 10.1. The van der Waals surface area contributed by atoms with Crippen molar-refractivity contribution in [2.75, 3.05) is 20.7 Å². The summed E-state index contributed by atoms with van der Waals surface area (Å²) >= 11 is 6.08. The van der Waals surface area contributed by atoms with Crippen molar-refractivity contribution >= 4 is 17.5 Å². The zero-order valence-corrected chi connectivity index (χ0v) is 13.5. The number of rotatable bonds is 6. The van der Waals surface area contributed by atoms with Gasteiger partial charge in [0.05, 0.1) is 18.6 Å². The van der Waals surface area contributed by atoms with Crippen LogP contribution in [-0.4, -0.2) is 36.5 Å². The second-order valence-corrected chi connectivity index (χ2v) is 5.47. The smallest absolute Gasteiger partial charge is 0.226 e. The first kappa shape index (κ1) is 16.3. The van der Waals surface area contributed by atoms with E-state index in [4.69, 9.17) is 16.3 Å². The zero-order valence-electron chi connectivity index (χ0n) is 12.8. The predicted molar refractivity (Wildman–Crippen MR) is 87.3 cm³/mol. The number of benzene rings is 1. The van der Waals surface area contributed by atoms with E-state index in [1.807, 2.05) is 25.2 Å². The van der Waals surface area contributed by atoms with Gasteiger partial charge in [0.25, 0.3) is 0 Å². The highest BCUT2D eigenvalue weighted by atomic mass is 35.5. The Morgan fingerprint density at radius 2 is 1.95 bits per heavy atom. The summed E-state index contributed by atoms with van der Waals surface area (Å²) in [6, 6.07) is 9.33. The Bertz CT molecular complexity index is 632. The molecule has 0 radical (unpaired) electrons. The molecule has 4 nitrogen and oxygen atoms in total. The van der Waals surface area contributed by atoms with Crippen LogP contribution in [0.1, 0.15) is 11.1 Å². The lowest BCUT2D eigenvalue weighted by Crippen LogP contribution is -2.30. The fourth-order valence-electron chi connectivity index (χ4n) is 2.10. The van der Waals surface area contributed by atoms with Gasteiger partial charge in [-0.2, -0.15) is 0 Å². The average Bonchev–Trinajstić information content (AvgIpc) is 2.53. The molecule has 0 unspecified atom stereocenters. The second-order valence-electron chi connectivity index (χ2n) is 5.07. The summed E-state index contributed by atoms with van der Waals surface area (Å²) in [5.41, 5.74) is 2.05. The van der Waals surface area contributed by atoms with Crippen LogP contribution in [0.3, 0.4) is 0 Å². The van der Waals surface area contributed by atoms with Crippen LogP contribution in [0.25, 0.3) is 0 Å².